The molecule has 1 aromatic carbocycles. The first-order valence-electron chi connectivity index (χ1n) is 7.46. The van der Waals surface area contributed by atoms with Crippen LogP contribution >= 0.6 is 11.7 Å². The minimum absolute atomic E-state index is 0.0772. The standard InChI is InChI=1S/C17H13N3O4S/c21-16(11-3-4-13-14(8-11)20-25-19-13)18-10-17(22,12-5-7-23-9-12)15-2-1-6-24-15/h1-9,22H,10H2,(H,18,21). The van der Waals surface area contributed by atoms with E-state index in [1.165, 1.54) is 18.8 Å². The zero-order chi connectivity index (χ0) is 17.3. The van der Waals surface area contributed by atoms with Crippen molar-refractivity contribution in [1.29, 1.82) is 0 Å². The van der Waals surface area contributed by atoms with Crippen LogP contribution < -0.4 is 5.32 Å². The third kappa shape index (κ3) is 2.81. The van der Waals surface area contributed by atoms with E-state index in [1.54, 1.807) is 36.4 Å². The lowest BCUT2D eigenvalue weighted by Gasteiger charge is -2.25. The number of hydrogen-bond donors (Lipinski definition) is 2. The van der Waals surface area contributed by atoms with Crippen molar-refractivity contribution in [3.63, 3.8) is 0 Å². The van der Waals surface area contributed by atoms with Gasteiger partial charge in [-0.05, 0) is 36.4 Å². The predicted octanol–water partition coefficient (Wildman–Crippen LogP) is 2.54. The van der Waals surface area contributed by atoms with Crippen molar-refractivity contribution in [2.24, 2.45) is 0 Å². The average Bonchev–Trinajstić information content (AvgIpc) is 3.40. The highest BCUT2D eigenvalue weighted by Gasteiger charge is 2.36. The van der Waals surface area contributed by atoms with Crippen LogP contribution in [-0.4, -0.2) is 26.3 Å². The van der Waals surface area contributed by atoms with Crippen LogP contribution in [0.4, 0.5) is 0 Å². The Hall–Kier alpha value is -2.97. The second kappa shape index (κ2) is 6.15. The molecule has 1 unspecified atom stereocenters. The Balaban J connectivity index is 1.58. The van der Waals surface area contributed by atoms with E-state index in [4.69, 9.17) is 8.83 Å². The zero-order valence-corrected chi connectivity index (χ0v) is 13.7. The third-order valence-corrected chi connectivity index (χ3v) is 4.50. The van der Waals surface area contributed by atoms with E-state index < -0.39 is 5.60 Å². The second-order valence-corrected chi connectivity index (χ2v) is 6.03. The van der Waals surface area contributed by atoms with Crippen molar-refractivity contribution in [2.75, 3.05) is 6.54 Å². The summed E-state index contributed by atoms with van der Waals surface area (Å²) in [5.74, 6) is -0.0169. The summed E-state index contributed by atoms with van der Waals surface area (Å²) in [6, 6.07) is 10.0. The van der Waals surface area contributed by atoms with Gasteiger partial charge in [-0.15, -0.1) is 0 Å². The smallest absolute Gasteiger partial charge is 0.251 e. The number of hydrogen-bond acceptors (Lipinski definition) is 7. The molecule has 0 aliphatic carbocycles. The lowest BCUT2D eigenvalue weighted by molar-refractivity contribution is 0.0520. The first-order valence-corrected chi connectivity index (χ1v) is 8.19. The molecular weight excluding hydrogens is 342 g/mol. The molecule has 0 spiro atoms. The molecule has 4 rings (SSSR count). The highest BCUT2D eigenvalue weighted by atomic mass is 32.1. The Labute approximate surface area is 146 Å². The molecule has 0 fully saturated rings. The number of nitrogens with zero attached hydrogens (tertiary/aromatic N) is 2. The van der Waals surface area contributed by atoms with Crippen molar-refractivity contribution < 1.29 is 18.7 Å². The molecule has 25 heavy (non-hydrogen) atoms. The molecule has 7 nitrogen and oxygen atoms in total. The van der Waals surface area contributed by atoms with E-state index in [0.29, 0.717) is 22.4 Å². The van der Waals surface area contributed by atoms with Crippen molar-refractivity contribution in [3.8, 4) is 0 Å². The fraction of sp³-hybridized carbons (Fsp3) is 0.118. The summed E-state index contributed by atoms with van der Waals surface area (Å²) < 4.78 is 18.6. The van der Waals surface area contributed by atoms with Crippen LogP contribution in [0.25, 0.3) is 11.0 Å². The van der Waals surface area contributed by atoms with Gasteiger partial charge in [0.05, 0.1) is 37.1 Å². The molecule has 2 N–H and O–H groups in total. The van der Waals surface area contributed by atoms with Gasteiger partial charge in [0.15, 0.2) is 5.60 Å². The number of aliphatic hydroxyl groups is 1. The van der Waals surface area contributed by atoms with E-state index in [9.17, 15) is 9.90 Å². The highest BCUT2D eigenvalue weighted by Crippen LogP contribution is 2.30. The minimum Gasteiger partial charge on any atom is -0.472 e. The molecule has 0 bridgehead atoms. The van der Waals surface area contributed by atoms with E-state index in [2.05, 4.69) is 14.1 Å². The van der Waals surface area contributed by atoms with Crippen molar-refractivity contribution in [2.45, 2.75) is 5.60 Å². The number of carbonyl (C=O) groups excluding carboxylic acids is 1. The third-order valence-electron chi connectivity index (χ3n) is 3.95. The first-order chi connectivity index (χ1) is 12.2. The maximum Gasteiger partial charge on any atom is 0.251 e. The number of amides is 1. The summed E-state index contributed by atoms with van der Waals surface area (Å²) in [5, 5.41) is 13.8. The highest BCUT2D eigenvalue weighted by molar-refractivity contribution is 7.00. The molecule has 8 heteroatoms. The lowest BCUT2D eigenvalue weighted by atomic mass is 9.93. The molecule has 1 amide bonds. The molecule has 0 aliphatic heterocycles. The molecule has 1 atom stereocenters. The van der Waals surface area contributed by atoms with Gasteiger partial charge in [-0.2, -0.15) is 8.75 Å². The maximum atomic E-state index is 12.5. The molecular formula is C17H13N3O4S. The van der Waals surface area contributed by atoms with Gasteiger partial charge in [0, 0.05) is 11.1 Å². The number of carbonyl (C=O) groups is 1. The fourth-order valence-electron chi connectivity index (χ4n) is 2.58. The summed E-state index contributed by atoms with van der Waals surface area (Å²) >= 11 is 1.09. The SMILES string of the molecule is O=C(NCC(O)(c1ccoc1)c1ccco1)c1ccc2nsnc2c1. The van der Waals surface area contributed by atoms with Gasteiger partial charge in [0.25, 0.3) is 5.91 Å². The topological polar surface area (TPSA) is 101 Å². The summed E-state index contributed by atoms with van der Waals surface area (Å²) in [5.41, 5.74) is 0.801. The van der Waals surface area contributed by atoms with Gasteiger partial charge in [-0.3, -0.25) is 4.79 Å². The number of aromatic nitrogens is 2. The van der Waals surface area contributed by atoms with E-state index in [0.717, 1.165) is 17.2 Å². The van der Waals surface area contributed by atoms with Gasteiger partial charge < -0.3 is 19.3 Å². The van der Waals surface area contributed by atoms with Crippen molar-refractivity contribution >= 4 is 28.7 Å². The largest absolute Gasteiger partial charge is 0.472 e. The van der Waals surface area contributed by atoms with Gasteiger partial charge in [0.2, 0.25) is 0 Å². The van der Waals surface area contributed by atoms with Crippen LogP contribution in [0, 0.1) is 0 Å². The van der Waals surface area contributed by atoms with Gasteiger partial charge >= 0.3 is 0 Å². The van der Waals surface area contributed by atoms with E-state index >= 15 is 0 Å². The summed E-state index contributed by atoms with van der Waals surface area (Å²) in [6.07, 6.45) is 4.33. The Morgan fingerprint density at radius 3 is 2.84 bits per heavy atom. The second-order valence-electron chi connectivity index (χ2n) is 5.50. The number of benzene rings is 1. The lowest BCUT2D eigenvalue weighted by Crippen LogP contribution is -2.41. The molecule has 0 saturated heterocycles. The molecule has 0 radical (unpaired) electrons. The van der Waals surface area contributed by atoms with Crippen LogP contribution in [0.2, 0.25) is 0 Å². The summed E-state index contributed by atoms with van der Waals surface area (Å²) in [4.78, 5) is 12.5. The van der Waals surface area contributed by atoms with Gasteiger partial charge in [-0.1, -0.05) is 0 Å². The molecule has 0 saturated carbocycles. The number of fused-ring (bicyclic) bond motifs is 1. The Morgan fingerprint density at radius 1 is 1.20 bits per heavy atom. The minimum atomic E-state index is -1.53. The van der Waals surface area contributed by atoms with Crippen LogP contribution in [-0.2, 0) is 5.60 Å². The van der Waals surface area contributed by atoms with Crippen LogP contribution in [0.15, 0.2) is 64.0 Å². The van der Waals surface area contributed by atoms with Crippen LogP contribution in [0.3, 0.4) is 0 Å². The monoisotopic (exact) mass is 355 g/mol. The Kier molecular flexibility index (Phi) is 3.83. The molecule has 3 heterocycles. The van der Waals surface area contributed by atoms with Gasteiger partial charge in [0.1, 0.15) is 16.8 Å². The first kappa shape index (κ1) is 15.6. The molecule has 4 aromatic rings. The summed E-state index contributed by atoms with van der Waals surface area (Å²) in [7, 11) is 0. The normalized spacial score (nSPS) is 13.6. The molecule has 0 aliphatic rings. The van der Waals surface area contributed by atoms with Crippen molar-refractivity contribution in [3.05, 3.63) is 72.1 Å². The predicted molar refractivity (Wildman–Crippen MR) is 90.2 cm³/mol. The van der Waals surface area contributed by atoms with Crippen LogP contribution in [0.5, 0.6) is 0 Å². The molecule has 3 aromatic heterocycles. The fourth-order valence-corrected chi connectivity index (χ4v) is 3.10. The zero-order valence-electron chi connectivity index (χ0n) is 12.9. The van der Waals surface area contributed by atoms with E-state index in [1.807, 2.05) is 0 Å². The number of rotatable bonds is 5. The van der Waals surface area contributed by atoms with E-state index in [-0.39, 0.29) is 12.5 Å². The Bertz CT molecular complexity index is 958. The number of nitrogens with one attached hydrogen (secondary N) is 1. The maximum absolute atomic E-state index is 12.5. The Morgan fingerprint density at radius 2 is 2.08 bits per heavy atom. The molecule has 126 valence electrons. The summed E-state index contributed by atoms with van der Waals surface area (Å²) in [6.45, 7) is -0.0772. The number of furan rings is 2. The van der Waals surface area contributed by atoms with Crippen LogP contribution in [0.1, 0.15) is 21.7 Å². The quantitative estimate of drug-likeness (QED) is 0.570. The van der Waals surface area contributed by atoms with Gasteiger partial charge in [-0.25, -0.2) is 0 Å². The van der Waals surface area contributed by atoms with Crippen molar-refractivity contribution in [1.82, 2.24) is 14.1 Å². The average molecular weight is 355 g/mol.